The van der Waals surface area contributed by atoms with Gasteiger partial charge in [-0.25, -0.2) is 0 Å². The fourth-order valence-corrected chi connectivity index (χ4v) is 1.45. The molecule has 0 unspecified atom stereocenters. The van der Waals surface area contributed by atoms with Crippen molar-refractivity contribution in [2.45, 2.75) is 44.9 Å². The number of hydrogen-bond donors (Lipinski definition) is 0. The zero-order valence-electron chi connectivity index (χ0n) is 8.91. The molecule has 0 bridgehead atoms. The first-order valence-electron chi connectivity index (χ1n) is 5.71. The highest BCUT2D eigenvalue weighted by molar-refractivity contribution is 5.02. The predicted octanol–water partition coefficient (Wildman–Crippen LogP) is 4.55. The van der Waals surface area contributed by atoms with Crippen molar-refractivity contribution in [1.29, 1.82) is 0 Å². The van der Waals surface area contributed by atoms with Gasteiger partial charge in [-0.3, -0.25) is 0 Å². The zero-order chi connectivity index (χ0) is 9.90. The summed E-state index contributed by atoms with van der Waals surface area (Å²) in [5.74, 6) is 0. The van der Waals surface area contributed by atoms with Gasteiger partial charge in [-0.15, -0.1) is 5.73 Å². The normalized spacial score (nSPS) is 24.0. The van der Waals surface area contributed by atoms with Crippen LogP contribution in [0.3, 0.4) is 0 Å². The van der Waals surface area contributed by atoms with Crippen molar-refractivity contribution in [3.8, 4) is 0 Å². The summed E-state index contributed by atoms with van der Waals surface area (Å²) in [4.78, 5) is 0. The Balaban J connectivity index is 2.34. The van der Waals surface area contributed by atoms with Gasteiger partial charge >= 0.3 is 0 Å². The standard InChI is InChI=1S/C14H20/c1-2-4-6-8-10-12-14-13-11-9-7-5-3-1/h1-4,11,14H,5-10,12H2/b3-1+,4-2+. The molecule has 0 aromatic rings. The minimum atomic E-state index is 1.16. The lowest BCUT2D eigenvalue weighted by Gasteiger charge is -1.92. The average Bonchev–Trinajstić information content (AvgIpc) is 2.22. The summed E-state index contributed by atoms with van der Waals surface area (Å²) in [6, 6.07) is 0. The van der Waals surface area contributed by atoms with Crippen molar-refractivity contribution < 1.29 is 0 Å². The molecule has 76 valence electrons. The van der Waals surface area contributed by atoms with Crippen molar-refractivity contribution in [3.63, 3.8) is 0 Å². The highest BCUT2D eigenvalue weighted by Crippen LogP contribution is 2.03. The van der Waals surface area contributed by atoms with Crippen molar-refractivity contribution in [3.05, 3.63) is 42.2 Å². The molecule has 0 heterocycles. The lowest BCUT2D eigenvalue weighted by Crippen LogP contribution is -1.72. The van der Waals surface area contributed by atoms with Gasteiger partial charge in [0.1, 0.15) is 0 Å². The fourth-order valence-electron chi connectivity index (χ4n) is 1.45. The molecule has 0 saturated carbocycles. The third kappa shape index (κ3) is 6.51. The van der Waals surface area contributed by atoms with Crippen LogP contribution in [-0.4, -0.2) is 0 Å². The van der Waals surface area contributed by atoms with Gasteiger partial charge < -0.3 is 0 Å². The van der Waals surface area contributed by atoms with Crippen LogP contribution in [-0.2, 0) is 0 Å². The third-order valence-corrected chi connectivity index (χ3v) is 2.31. The second kappa shape index (κ2) is 8.59. The highest BCUT2D eigenvalue weighted by atomic mass is 13.9. The lowest BCUT2D eigenvalue weighted by atomic mass is 10.1. The molecule has 0 nitrogen and oxygen atoms in total. The van der Waals surface area contributed by atoms with E-state index in [-0.39, 0.29) is 0 Å². The van der Waals surface area contributed by atoms with Gasteiger partial charge in [-0.05, 0) is 57.1 Å². The molecule has 0 amide bonds. The second-order valence-corrected chi connectivity index (χ2v) is 3.65. The summed E-state index contributed by atoms with van der Waals surface area (Å²) in [6.45, 7) is 0. The minimum absolute atomic E-state index is 1.16. The molecule has 1 aliphatic carbocycles. The van der Waals surface area contributed by atoms with Crippen LogP contribution in [0.15, 0.2) is 42.2 Å². The van der Waals surface area contributed by atoms with Gasteiger partial charge in [0.15, 0.2) is 0 Å². The highest BCUT2D eigenvalue weighted by Gasteiger charge is 1.83. The Morgan fingerprint density at radius 2 is 1.21 bits per heavy atom. The Labute approximate surface area is 87.7 Å². The van der Waals surface area contributed by atoms with Gasteiger partial charge in [0.25, 0.3) is 0 Å². The number of hydrogen-bond acceptors (Lipinski definition) is 0. The van der Waals surface area contributed by atoms with Gasteiger partial charge in [0.2, 0.25) is 0 Å². The molecule has 0 aromatic heterocycles. The van der Waals surface area contributed by atoms with Crippen LogP contribution in [0.25, 0.3) is 0 Å². The molecule has 0 N–H and O–H groups in total. The van der Waals surface area contributed by atoms with Crippen LogP contribution in [0.4, 0.5) is 0 Å². The van der Waals surface area contributed by atoms with E-state index in [9.17, 15) is 0 Å². The smallest absolute Gasteiger partial charge is 0.0272 e. The van der Waals surface area contributed by atoms with Gasteiger partial charge in [-0.1, -0.05) is 24.3 Å². The molecule has 0 aromatic carbocycles. The predicted molar refractivity (Wildman–Crippen MR) is 63.3 cm³/mol. The first-order valence-corrected chi connectivity index (χ1v) is 5.71. The molecule has 0 heteroatoms. The fraction of sp³-hybridized carbons (Fsp3) is 0.500. The molecule has 0 fully saturated rings. The number of rotatable bonds is 0. The summed E-state index contributed by atoms with van der Waals surface area (Å²) in [6.07, 6.45) is 21.8. The molecule has 0 atom stereocenters. The van der Waals surface area contributed by atoms with E-state index >= 15 is 0 Å². The van der Waals surface area contributed by atoms with Gasteiger partial charge in [-0.2, -0.15) is 0 Å². The lowest BCUT2D eigenvalue weighted by molar-refractivity contribution is 0.762. The van der Waals surface area contributed by atoms with E-state index in [0.29, 0.717) is 0 Å². The molecular weight excluding hydrogens is 168 g/mol. The van der Waals surface area contributed by atoms with E-state index in [0.717, 1.165) is 6.42 Å². The first kappa shape index (κ1) is 11.1. The van der Waals surface area contributed by atoms with E-state index in [2.05, 4.69) is 42.2 Å². The quantitative estimate of drug-likeness (QED) is 0.489. The maximum atomic E-state index is 3.25. The largest absolute Gasteiger partial charge is 0.130 e. The summed E-state index contributed by atoms with van der Waals surface area (Å²) >= 11 is 0. The van der Waals surface area contributed by atoms with E-state index in [1.807, 2.05) is 0 Å². The summed E-state index contributed by atoms with van der Waals surface area (Å²) in [7, 11) is 0. The Hall–Kier alpha value is -1.00. The average molecular weight is 188 g/mol. The van der Waals surface area contributed by atoms with Gasteiger partial charge in [0.05, 0.1) is 0 Å². The van der Waals surface area contributed by atoms with Crippen LogP contribution >= 0.6 is 0 Å². The molecule has 1 aliphatic rings. The van der Waals surface area contributed by atoms with E-state index in [1.54, 1.807) is 0 Å². The molecule has 0 saturated heterocycles. The van der Waals surface area contributed by atoms with Crippen molar-refractivity contribution in [1.82, 2.24) is 0 Å². The monoisotopic (exact) mass is 188 g/mol. The first-order chi connectivity index (χ1) is 7.00. The van der Waals surface area contributed by atoms with E-state index in [1.165, 1.54) is 38.5 Å². The van der Waals surface area contributed by atoms with Crippen LogP contribution in [0.2, 0.25) is 0 Å². The zero-order valence-corrected chi connectivity index (χ0v) is 8.91. The molecule has 0 radical (unpaired) electrons. The van der Waals surface area contributed by atoms with Crippen LogP contribution in [0.5, 0.6) is 0 Å². The third-order valence-electron chi connectivity index (χ3n) is 2.31. The maximum absolute atomic E-state index is 3.25. The van der Waals surface area contributed by atoms with E-state index in [4.69, 9.17) is 0 Å². The Kier molecular flexibility index (Phi) is 6.80. The van der Waals surface area contributed by atoms with Crippen molar-refractivity contribution in [2.75, 3.05) is 0 Å². The molecule has 0 spiro atoms. The number of allylic oxidation sites excluding steroid dienone is 5. The van der Waals surface area contributed by atoms with Crippen LogP contribution in [0.1, 0.15) is 44.9 Å². The minimum Gasteiger partial charge on any atom is -0.130 e. The maximum Gasteiger partial charge on any atom is -0.0272 e. The van der Waals surface area contributed by atoms with Gasteiger partial charge in [0, 0.05) is 0 Å². The van der Waals surface area contributed by atoms with E-state index < -0.39 is 0 Å². The van der Waals surface area contributed by atoms with Crippen LogP contribution in [0, 0.1) is 0 Å². The van der Waals surface area contributed by atoms with Crippen molar-refractivity contribution in [2.24, 2.45) is 0 Å². The Morgan fingerprint density at radius 3 is 2.00 bits per heavy atom. The molecule has 1 rings (SSSR count). The summed E-state index contributed by atoms with van der Waals surface area (Å²) in [5.41, 5.74) is 3.25. The topological polar surface area (TPSA) is 0 Å². The Morgan fingerprint density at radius 1 is 0.643 bits per heavy atom. The molecular formula is C14H20. The molecule has 0 aliphatic heterocycles. The molecule has 14 heavy (non-hydrogen) atoms. The summed E-state index contributed by atoms with van der Waals surface area (Å²) < 4.78 is 0. The Bertz CT molecular complexity index is 237. The second-order valence-electron chi connectivity index (χ2n) is 3.65. The van der Waals surface area contributed by atoms with Crippen LogP contribution < -0.4 is 0 Å². The summed E-state index contributed by atoms with van der Waals surface area (Å²) in [5, 5.41) is 0. The SMILES string of the molecule is C1=CCCC/C=C/C=C/CCCCC=1. The van der Waals surface area contributed by atoms with Crippen molar-refractivity contribution >= 4 is 0 Å².